The third-order valence-electron chi connectivity index (χ3n) is 2.56. The van der Waals surface area contributed by atoms with Gasteiger partial charge in [0, 0.05) is 6.08 Å². The summed E-state index contributed by atoms with van der Waals surface area (Å²) in [6.07, 6.45) is 7.27. The lowest BCUT2D eigenvalue weighted by Gasteiger charge is -2.13. The van der Waals surface area contributed by atoms with Gasteiger partial charge in [-0.05, 0) is 38.2 Å². The van der Waals surface area contributed by atoms with Crippen molar-refractivity contribution in [3.05, 3.63) is 35.5 Å². The van der Waals surface area contributed by atoms with Gasteiger partial charge in [-0.25, -0.2) is 4.79 Å². The van der Waals surface area contributed by atoms with Gasteiger partial charge < -0.3 is 9.84 Å². The van der Waals surface area contributed by atoms with Gasteiger partial charge >= 0.3 is 5.97 Å². The minimum Gasteiger partial charge on any atom is -0.463 e. The van der Waals surface area contributed by atoms with Crippen LogP contribution in [0.25, 0.3) is 0 Å². The van der Waals surface area contributed by atoms with Crippen LogP contribution in [-0.4, -0.2) is 23.8 Å². The maximum absolute atomic E-state index is 11.3. The first kappa shape index (κ1) is 18.7. The number of esters is 1. The molecule has 0 aliphatic heterocycles. The van der Waals surface area contributed by atoms with Crippen molar-refractivity contribution < 1.29 is 14.6 Å². The second-order valence-electron chi connectivity index (χ2n) is 6.05. The zero-order valence-electron chi connectivity index (χ0n) is 13.6. The highest BCUT2D eigenvalue weighted by molar-refractivity contribution is 5.82. The first-order chi connectivity index (χ1) is 9.15. The van der Waals surface area contributed by atoms with Crippen LogP contribution in [-0.2, 0) is 9.53 Å². The summed E-state index contributed by atoms with van der Waals surface area (Å²) in [5, 5.41) is 9.93. The van der Waals surface area contributed by atoms with Crippen LogP contribution in [0.15, 0.2) is 35.5 Å². The van der Waals surface area contributed by atoms with Gasteiger partial charge in [0.25, 0.3) is 0 Å². The zero-order valence-corrected chi connectivity index (χ0v) is 13.6. The smallest absolute Gasteiger partial charge is 0.330 e. The Morgan fingerprint density at radius 3 is 2.40 bits per heavy atom. The molecular weight excluding hydrogens is 252 g/mol. The molecule has 1 atom stereocenters. The minimum atomic E-state index is -0.655. The first-order valence-electron chi connectivity index (χ1n) is 7.04. The number of hydrogen-bond acceptors (Lipinski definition) is 3. The predicted octanol–water partition coefficient (Wildman–Crippen LogP) is 3.80. The maximum Gasteiger partial charge on any atom is 0.330 e. The number of hydrogen-bond donors (Lipinski definition) is 1. The highest BCUT2D eigenvalue weighted by Crippen LogP contribution is 2.18. The maximum atomic E-state index is 11.3. The zero-order chi connectivity index (χ0) is 15.8. The molecule has 0 aliphatic rings. The Bertz CT molecular complexity index is 395. The van der Waals surface area contributed by atoms with E-state index in [1.807, 2.05) is 19.1 Å². The molecule has 0 bridgehead atoms. The fourth-order valence-electron chi connectivity index (χ4n) is 1.77. The van der Waals surface area contributed by atoms with E-state index in [4.69, 9.17) is 4.74 Å². The molecule has 0 aromatic carbocycles. The average molecular weight is 280 g/mol. The van der Waals surface area contributed by atoms with Crippen LogP contribution in [0, 0.1) is 5.41 Å². The van der Waals surface area contributed by atoms with Gasteiger partial charge in [0.05, 0.1) is 12.7 Å². The Morgan fingerprint density at radius 1 is 1.30 bits per heavy atom. The van der Waals surface area contributed by atoms with E-state index in [0.717, 1.165) is 5.57 Å². The molecule has 0 rings (SSSR count). The highest BCUT2D eigenvalue weighted by atomic mass is 16.5. The van der Waals surface area contributed by atoms with Gasteiger partial charge in [0.2, 0.25) is 0 Å². The molecule has 20 heavy (non-hydrogen) atoms. The number of ether oxygens (including phenoxy) is 1. The molecule has 0 amide bonds. The van der Waals surface area contributed by atoms with Crippen LogP contribution in [0.2, 0.25) is 0 Å². The minimum absolute atomic E-state index is 0.146. The standard InChI is InChI=1S/C17H28O3/c1-7-20-16(19)11-14(3)15(18)10-8-9-13(2)12-17(4,5)6/h8-9,11-12,15,18H,7,10H2,1-6H3/b9-8+,13-12+,14-11+. The van der Waals surface area contributed by atoms with Crippen LogP contribution < -0.4 is 0 Å². The summed E-state index contributed by atoms with van der Waals surface area (Å²) in [4.78, 5) is 11.3. The molecule has 0 aromatic rings. The Kier molecular flexibility index (Phi) is 8.16. The topological polar surface area (TPSA) is 46.5 Å². The molecular formula is C17H28O3. The molecule has 3 nitrogen and oxygen atoms in total. The van der Waals surface area contributed by atoms with Gasteiger partial charge in [0.15, 0.2) is 0 Å². The lowest BCUT2D eigenvalue weighted by Crippen LogP contribution is -2.10. The van der Waals surface area contributed by atoms with E-state index in [1.165, 1.54) is 6.08 Å². The molecule has 0 aliphatic carbocycles. The van der Waals surface area contributed by atoms with Crippen molar-refractivity contribution in [1.29, 1.82) is 0 Å². The number of allylic oxidation sites excluding steroid dienone is 3. The van der Waals surface area contributed by atoms with Gasteiger partial charge in [0.1, 0.15) is 0 Å². The van der Waals surface area contributed by atoms with E-state index >= 15 is 0 Å². The van der Waals surface area contributed by atoms with Gasteiger partial charge in [-0.2, -0.15) is 0 Å². The summed E-state index contributed by atoms with van der Waals surface area (Å²) >= 11 is 0. The summed E-state index contributed by atoms with van der Waals surface area (Å²) in [6.45, 7) is 12.3. The molecule has 1 N–H and O–H groups in total. The molecule has 0 heterocycles. The van der Waals surface area contributed by atoms with Crippen molar-refractivity contribution in [3.8, 4) is 0 Å². The summed E-state index contributed by atoms with van der Waals surface area (Å²) in [6, 6.07) is 0. The molecule has 0 radical (unpaired) electrons. The second kappa shape index (κ2) is 8.75. The number of carbonyl (C=O) groups is 1. The first-order valence-corrected chi connectivity index (χ1v) is 7.04. The lowest BCUT2D eigenvalue weighted by molar-refractivity contribution is -0.137. The predicted molar refractivity (Wildman–Crippen MR) is 83.4 cm³/mol. The van der Waals surface area contributed by atoms with Crippen LogP contribution in [0.4, 0.5) is 0 Å². The molecule has 0 spiro atoms. The van der Waals surface area contributed by atoms with Crippen molar-refractivity contribution in [3.63, 3.8) is 0 Å². The molecule has 0 fully saturated rings. The van der Waals surface area contributed by atoms with E-state index in [0.29, 0.717) is 18.6 Å². The summed E-state index contributed by atoms with van der Waals surface area (Å²) < 4.78 is 4.81. The molecule has 0 aromatic heterocycles. The van der Waals surface area contributed by atoms with Gasteiger partial charge in [-0.3, -0.25) is 0 Å². The molecule has 0 saturated heterocycles. The number of aliphatic hydroxyl groups excluding tert-OH is 1. The molecule has 0 saturated carbocycles. The number of carbonyl (C=O) groups excluding carboxylic acids is 1. The van der Waals surface area contributed by atoms with Gasteiger partial charge in [-0.15, -0.1) is 0 Å². The average Bonchev–Trinajstić information content (AvgIpc) is 2.26. The van der Waals surface area contributed by atoms with E-state index in [-0.39, 0.29) is 5.41 Å². The van der Waals surface area contributed by atoms with Crippen molar-refractivity contribution in [1.82, 2.24) is 0 Å². The molecule has 3 heteroatoms. The number of aliphatic hydroxyl groups is 1. The second-order valence-corrected chi connectivity index (χ2v) is 6.05. The Labute approximate surface area is 123 Å². The Morgan fingerprint density at radius 2 is 1.90 bits per heavy atom. The van der Waals surface area contributed by atoms with E-state index in [2.05, 4.69) is 26.8 Å². The van der Waals surface area contributed by atoms with E-state index in [9.17, 15) is 9.90 Å². The van der Waals surface area contributed by atoms with Crippen molar-refractivity contribution in [2.75, 3.05) is 6.61 Å². The quantitative estimate of drug-likeness (QED) is 0.457. The lowest BCUT2D eigenvalue weighted by atomic mass is 9.93. The van der Waals surface area contributed by atoms with Gasteiger partial charge in [-0.1, -0.05) is 44.6 Å². The monoisotopic (exact) mass is 280 g/mol. The van der Waals surface area contributed by atoms with Crippen LogP contribution in [0.5, 0.6) is 0 Å². The normalized spacial score (nSPS) is 15.6. The third-order valence-corrected chi connectivity index (χ3v) is 2.56. The summed E-state index contributed by atoms with van der Waals surface area (Å²) in [7, 11) is 0. The van der Waals surface area contributed by atoms with Crippen LogP contribution >= 0.6 is 0 Å². The molecule has 1 unspecified atom stereocenters. The van der Waals surface area contributed by atoms with E-state index < -0.39 is 12.1 Å². The van der Waals surface area contributed by atoms with Crippen molar-refractivity contribution in [2.45, 2.75) is 54.1 Å². The SMILES string of the molecule is CCOC(=O)/C=C(\C)C(O)C/C=C/C(C)=C/C(C)(C)C. The fourth-order valence-corrected chi connectivity index (χ4v) is 1.77. The summed E-state index contributed by atoms with van der Waals surface area (Å²) in [5.74, 6) is -0.406. The molecule has 114 valence electrons. The van der Waals surface area contributed by atoms with Crippen molar-refractivity contribution >= 4 is 5.97 Å². The van der Waals surface area contributed by atoms with Crippen LogP contribution in [0.1, 0.15) is 48.0 Å². The Hall–Kier alpha value is -1.35. The number of rotatable bonds is 6. The van der Waals surface area contributed by atoms with Crippen LogP contribution in [0.3, 0.4) is 0 Å². The largest absolute Gasteiger partial charge is 0.463 e. The summed E-state index contributed by atoms with van der Waals surface area (Å²) in [5.41, 5.74) is 1.93. The Balaban J connectivity index is 4.45. The fraction of sp³-hybridized carbons (Fsp3) is 0.588. The van der Waals surface area contributed by atoms with Crippen molar-refractivity contribution in [2.24, 2.45) is 5.41 Å². The van der Waals surface area contributed by atoms with E-state index in [1.54, 1.807) is 13.8 Å². The highest BCUT2D eigenvalue weighted by Gasteiger charge is 2.07. The third kappa shape index (κ3) is 9.56.